The molecule has 0 spiro atoms. The minimum Gasteiger partial charge on any atom is -0.207 e. The number of aryl methyl sites for hydroxylation is 2. The first-order chi connectivity index (χ1) is 8.88. The molecule has 0 heterocycles. The molecule has 0 bridgehead atoms. The smallest absolute Gasteiger partial charge is 0.131 e. The van der Waals surface area contributed by atoms with Gasteiger partial charge >= 0.3 is 0 Å². The molecule has 0 saturated carbocycles. The lowest BCUT2D eigenvalue weighted by Gasteiger charge is -2.14. The summed E-state index contributed by atoms with van der Waals surface area (Å²) in [5.41, 5.74) is 2.47. The van der Waals surface area contributed by atoms with Gasteiger partial charge < -0.3 is 0 Å². The topological polar surface area (TPSA) is 0 Å². The first-order valence-corrected chi connectivity index (χ1v) is 6.98. The third kappa shape index (κ3) is 3.15. The fraction of sp³-hybridized carbons (Fsp3) is 0.200. The highest BCUT2D eigenvalue weighted by Gasteiger charge is 2.18. The van der Waals surface area contributed by atoms with Crippen molar-refractivity contribution in [1.29, 1.82) is 0 Å². The molecule has 1 unspecified atom stereocenters. The summed E-state index contributed by atoms with van der Waals surface area (Å²) in [7, 11) is 0. The number of hydrogen-bond acceptors (Lipinski definition) is 0. The summed E-state index contributed by atoms with van der Waals surface area (Å²) in [5, 5.41) is -0.643. The van der Waals surface area contributed by atoms with Crippen LogP contribution in [-0.4, -0.2) is 0 Å². The number of hydrogen-bond donors (Lipinski definition) is 0. The van der Waals surface area contributed by atoms with Gasteiger partial charge in [-0.3, -0.25) is 0 Å². The van der Waals surface area contributed by atoms with Crippen molar-refractivity contribution in [3.8, 4) is 0 Å². The number of rotatable bonds is 2. The van der Waals surface area contributed by atoms with E-state index in [4.69, 9.17) is 11.6 Å². The predicted molar refractivity (Wildman–Crippen MR) is 77.7 cm³/mol. The predicted octanol–water partition coefficient (Wildman–Crippen LogP) is 5.67. The lowest BCUT2D eigenvalue weighted by atomic mass is 10.0. The van der Waals surface area contributed by atoms with E-state index in [1.165, 1.54) is 6.07 Å². The van der Waals surface area contributed by atoms with Crippen LogP contribution in [0.25, 0.3) is 0 Å². The van der Waals surface area contributed by atoms with Crippen molar-refractivity contribution in [3.63, 3.8) is 0 Å². The van der Waals surface area contributed by atoms with Gasteiger partial charge in [-0.1, -0.05) is 22.0 Å². The Morgan fingerprint density at radius 1 is 1.00 bits per heavy atom. The third-order valence-electron chi connectivity index (χ3n) is 2.91. The average molecular weight is 346 g/mol. The lowest BCUT2D eigenvalue weighted by molar-refractivity contribution is 0.568. The normalized spacial score (nSPS) is 12.5. The van der Waals surface area contributed by atoms with Crippen LogP contribution in [-0.2, 0) is 0 Å². The van der Waals surface area contributed by atoms with Crippen LogP contribution in [0.3, 0.4) is 0 Å². The summed E-state index contributed by atoms with van der Waals surface area (Å²) in [6.07, 6.45) is 0. The number of benzene rings is 2. The molecule has 0 aromatic heterocycles. The summed E-state index contributed by atoms with van der Waals surface area (Å²) < 4.78 is 28.0. The molecule has 0 N–H and O–H groups in total. The zero-order valence-electron chi connectivity index (χ0n) is 10.5. The Bertz CT molecular complexity index is 606. The van der Waals surface area contributed by atoms with Crippen LogP contribution in [0.1, 0.15) is 27.6 Å². The molecular weight excluding hydrogens is 334 g/mol. The quantitative estimate of drug-likeness (QED) is 0.615. The second-order valence-electron chi connectivity index (χ2n) is 4.55. The van der Waals surface area contributed by atoms with Crippen molar-refractivity contribution in [1.82, 2.24) is 0 Å². The van der Waals surface area contributed by atoms with Crippen molar-refractivity contribution < 1.29 is 8.78 Å². The van der Waals surface area contributed by atoms with Crippen LogP contribution in [0, 0.1) is 25.5 Å². The molecule has 2 aromatic carbocycles. The second kappa shape index (κ2) is 5.59. The van der Waals surface area contributed by atoms with Gasteiger partial charge in [-0.15, -0.1) is 11.6 Å². The van der Waals surface area contributed by atoms with Crippen molar-refractivity contribution >= 4 is 27.5 Å². The molecule has 1 atom stereocenters. The average Bonchev–Trinajstić information content (AvgIpc) is 2.31. The van der Waals surface area contributed by atoms with Crippen LogP contribution in [0.5, 0.6) is 0 Å². The molecule has 0 radical (unpaired) electrons. The van der Waals surface area contributed by atoms with Crippen LogP contribution in [0.2, 0.25) is 0 Å². The van der Waals surface area contributed by atoms with Crippen LogP contribution >= 0.6 is 27.5 Å². The molecule has 4 heteroatoms. The Kier molecular flexibility index (Phi) is 4.26. The van der Waals surface area contributed by atoms with Gasteiger partial charge in [0.2, 0.25) is 0 Å². The van der Waals surface area contributed by atoms with E-state index in [-0.39, 0.29) is 5.56 Å². The molecule has 0 fully saturated rings. The maximum Gasteiger partial charge on any atom is 0.131 e. The molecule has 0 amide bonds. The Morgan fingerprint density at radius 2 is 1.68 bits per heavy atom. The molecule has 2 rings (SSSR count). The molecule has 0 aliphatic rings. The summed E-state index contributed by atoms with van der Waals surface area (Å²) in [5.74, 6) is -1.18. The summed E-state index contributed by atoms with van der Waals surface area (Å²) in [6.45, 7) is 3.53. The summed E-state index contributed by atoms with van der Waals surface area (Å²) in [4.78, 5) is 0. The highest BCUT2D eigenvalue weighted by atomic mass is 79.9. The van der Waals surface area contributed by atoms with Gasteiger partial charge in [-0.05, 0) is 48.7 Å². The molecule has 100 valence electrons. The summed E-state index contributed by atoms with van der Waals surface area (Å²) >= 11 is 9.71. The molecule has 19 heavy (non-hydrogen) atoms. The Labute approximate surface area is 124 Å². The lowest BCUT2D eigenvalue weighted by Crippen LogP contribution is -2.00. The van der Waals surface area contributed by atoms with E-state index >= 15 is 0 Å². The zero-order valence-corrected chi connectivity index (χ0v) is 12.8. The Balaban J connectivity index is 2.49. The monoisotopic (exact) mass is 344 g/mol. The molecule has 0 aliphatic heterocycles. The van der Waals surface area contributed by atoms with E-state index in [9.17, 15) is 8.78 Å². The van der Waals surface area contributed by atoms with Gasteiger partial charge in [0.1, 0.15) is 11.6 Å². The Morgan fingerprint density at radius 3 is 2.32 bits per heavy atom. The number of halogens is 4. The standard InChI is InChI=1S/C15H12BrClF2/c1-8-3-10(6-11(16)4-8)15(17)12-5-9(2)13(18)7-14(12)19/h3-7,15H,1-2H3. The maximum absolute atomic E-state index is 13.8. The van der Waals surface area contributed by atoms with Crippen molar-refractivity contribution in [2.24, 2.45) is 0 Å². The SMILES string of the molecule is Cc1cc(Br)cc(C(Cl)c2cc(C)c(F)cc2F)c1. The van der Waals surface area contributed by atoms with E-state index in [0.29, 0.717) is 5.56 Å². The molecule has 2 aromatic rings. The van der Waals surface area contributed by atoms with Crippen molar-refractivity contribution in [3.05, 3.63) is 68.7 Å². The highest BCUT2D eigenvalue weighted by Crippen LogP contribution is 2.33. The van der Waals surface area contributed by atoms with Crippen molar-refractivity contribution in [2.75, 3.05) is 0 Å². The second-order valence-corrected chi connectivity index (χ2v) is 5.90. The zero-order chi connectivity index (χ0) is 14.2. The minimum atomic E-state index is -0.643. The fourth-order valence-electron chi connectivity index (χ4n) is 1.96. The van der Waals surface area contributed by atoms with E-state index in [0.717, 1.165) is 21.7 Å². The maximum atomic E-state index is 13.8. The fourth-order valence-corrected chi connectivity index (χ4v) is 2.88. The van der Waals surface area contributed by atoms with E-state index in [2.05, 4.69) is 15.9 Å². The Hall–Kier alpha value is -0.930. The van der Waals surface area contributed by atoms with Gasteiger partial charge in [-0.25, -0.2) is 8.78 Å². The molecule has 0 nitrogen and oxygen atoms in total. The number of alkyl halides is 1. The van der Waals surface area contributed by atoms with Gasteiger partial charge in [-0.2, -0.15) is 0 Å². The van der Waals surface area contributed by atoms with Gasteiger partial charge in [0, 0.05) is 16.1 Å². The van der Waals surface area contributed by atoms with Gasteiger partial charge in [0.15, 0.2) is 0 Å². The molecule has 0 aliphatic carbocycles. The van der Waals surface area contributed by atoms with Crippen LogP contribution in [0.4, 0.5) is 8.78 Å². The summed E-state index contributed by atoms with van der Waals surface area (Å²) in [6, 6.07) is 8.01. The van der Waals surface area contributed by atoms with Gasteiger partial charge in [0.25, 0.3) is 0 Å². The largest absolute Gasteiger partial charge is 0.207 e. The molecular formula is C15H12BrClF2. The van der Waals surface area contributed by atoms with Crippen LogP contribution in [0.15, 0.2) is 34.8 Å². The minimum absolute atomic E-state index is 0.290. The van der Waals surface area contributed by atoms with Crippen LogP contribution < -0.4 is 0 Å². The van der Waals surface area contributed by atoms with E-state index in [1.54, 1.807) is 6.92 Å². The van der Waals surface area contributed by atoms with E-state index in [1.807, 2.05) is 25.1 Å². The van der Waals surface area contributed by atoms with Crippen molar-refractivity contribution in [2.45, 2.75) is 19.2 Å². The third-order valence-corrected chi connectivity index (χ3v) is 3.85. The van der Waals surface area contributed by atoms with Gasteiger partial charge in [0.05, 0.1) is 5.38 Å². The van der Waals surface area contributed by atoms with E-state index < -0.39 is 17.0 Å². The molecule has 0 saturated heterocycles. The first kappa shape index (κ1) is 14.5. The highest BCUT2D eigenvalue weighted by molar-refractivity contribution is 9.10. The first-order valence-electron chi connectivity index (χ1n) is 5.75.